The molecule has 0 aromatic rings. The van der Waals surface area contributed by atoms with Gasteiger partial charge in [0.25, 0.3) is 9.02 Å². The first kappa shape index (κ1) is 9.98. The molecule has 0 aliphatic carbocycles. The maximum absolute atomic E-state index is 11.1. The van der Waals surface area contributed by atoms with E-state index < -0.39 is 21.0 Å². The zero-order valence-electron chi connectivity index (χ0n) is 6.39. The third-order valence-corrected chi connectivity index (χ3v) is 2.48. The number of carbonyl (C=O) groups is 2. The van der Waals surface area contributed by atoms with Gasteiger partial charge in [-0.2, -0.15) is 0 Å². The van der Waals surface area contributed by atoms with E-state index in [9.17, 15) is 9.59 Å². The van der Waals surface area contributed by atoms with E-state index >= 15 is 0 Å². The van der Waals surface area contributed by atoms with Crippen molar-refractivity contribution in [1.29, 1.82) is 0 Å². The van der Waals surface area contributed by atoms with E-state index in [0.29, 0.717) is 0 Å². The molecule has 1 rings (SSSR count). The summed E-state index contributed by atoms with van der Waals surface area (Å²) in [5.74, 6) is -2.59. The van der Waals surface area contributed by atoms with Crippen molar-refractivity contribution < 1.29 is 19.1 Å². The van der Waals surface area contributed by atoms with Crippen molar-refractivity contribution in [3.05, 3.63) is 0 Å². The summed E-state index contributed by atoms with van der Waals surface area (Å²) in [5, 5.41) is 0. The number of cyclic esters (lactones) is 2. The molecule has 4 nitrogen and oxygen atoms in total. The molecule has 1 aliphatic heterocycles. The maximum Gasteiger partial charge on any atom is 0.348 e. The average molecular weight is 302 g/mol. The Morgan fingerprint density at radius 3 is 1.75 bits per heavy atom. The van der Waals surface area contributed by atoms with Crippen molar-refractivity contribution in [3.63, 3.8) is 0 Å². The zero-order chi connectivity index (χ0) is 9.57. The number of carbonyl (C=O) groups excluding carboxylic acids is 2. The van der Waals surface area contributed by atoms with Gasteiger partial charge in [0.2, 0.25) is 0 Å². The van der Waals surface area contributed by atoms with E-state index in [-0.39, 0.29) is 0 Å². The first-order valence-corrected chi connectivity index (χ1v) is 4.69. The second-order valence-corrected chi connectivity index (χ2v) is 6.20. The lowest BCUT2D eigenvalue weighted by Gasteiger charge is -2.34. The predicted octanol–water partition coefficient (Wildman–Crippen LogP) is 1.31. The van der Waals surface area contributed by atoms with Gasteiger partial charge in [0.1, 0.15) is 0 Å². The van der Waals surface area contributed by atoms with Crippen LogP contribution < -0.4 is 0 Å². The molecule has 0 saturated carbocycles. The molecule has 1 heterocycles. The van der Waals surface area contributed by atoms with Crippen molar-refractivity contribution in [2.45, 2.75) is 22.9 Å². The lowest BCUT2D eigenvalue weighted by molar-refractivity contribution is -0.231. The molecule has 0 spiro atoms. The van der Waals surface area contributed by atoms with E-state index in [1.54, 1.807) is 0 Å². The molecule has 1 fully saturated rings. The minimum Gasteiger partial charge on any atom is -0.421 e. The Labute approximate surface area is 85.8 Å². The van der Waals surface area contributed by atoms with Crippen molar-refractivity contribution in [3.8, 4) is 0 Å². The maximum atomic E-state index is 11.1. The van der Waals surface area contributed by atoms with Crippen LogP contribution in [-0.4, -0.2) is 21.0 Å². The number of hydrogen-bond donors (Lipinski definition) is 0. The van der Waals surface area contributed by atoms with Crippen LogP contribution in [0, 0.1) is 0 Å². The third kappa shape index (κ3) is 1.64. The van der Waals surface area contributed by atoms with E-state index in [4.69, 9.17) is 9.47 Å². The number of rotatable bonds is 0. The van der Waals surface area contributed by atoms with Gasteiger partial charge >= 0.3 is 11.9 Å². The van der Waals surface area contributed by atoms with Gasteiger partial charge in [-0.05, 0) is 31.9 Å². The third-order valence-electron chi connectivity index (χ3n) is 1.19. The highest BCUT2D eigenvalue weighted by atomic mass is 79.9. The van der Waals surface area contributed by atoms with E-state index in [0.717, 1.165) is 0 Å². The molecule has 1 saturated heterocycles. The zero-order valence-corrected chi connectivity index (χ0v) is 9.56. The summed E-state index contributed by atoms with van der Waals surface area (Å²) in [5.41, 5.74) is 0. The van der Waals surface area contributed by atoms with Gasteiger partial charge in [0.15, 0.2) is 0 Å². The fourth-order valence-electron chi connectivity index (χ4n) is 0.679. The van der Waals surface area contributed by atoms with Gasteiger partial charge in [-0.25, -0.2) is 9.59 Å². The van der Waals surface area contributed by atoms with E-state index in [1.165, 1.54) is 13.8 Å². The molecule has 0 amide bonds. The second kappa shape index (κ2) is 2.70. The minimum atomic E-state index is -1.55. The van der Waals surface area contributed by atoms with E-state index in [2.05, 4.69) is 31.9 Å². The normalized spacial score (nSPS) is 26.0. The number of esters is 2. The molecule has 0 bridgehead atoms. The van der Waals surface area contributed by atoms with Crippen LogP contribution in [-0.2, 0) is 19.1 Å². The van der Waals surface area contributed by atoms with Gasteiger partial charge in [0.05, 0.1) is 0 Å². The molecule has 0 atom stereocenters. The fraction of sp³-hybridized carbons (Fsp3) is 0.667. The predicted molar refractivity (Wildman–Crippen MR) is 46.8 cm³/mol. The molecule has 0 N–H and O–H groups in total. The Morgan fingerprint density at radius 2 is 1.42 bits per heavy atom. The Kier molecular flexibility index (Phi) is 2.24. The summed E-state index contributed by atoms with van der Waals surface area (Å²) in [7, 11) is 0. The standard InChI is InChI=1S/C6H6Br2O4/c1-5(2)11-3(9)6(7,8)4(10)12-5/h1-2H3. The molecule has 0 radical (unpaired) electrons. The first-order chi connectivity index (χ1) is 5.26. The van der Waals surface area contributed by atoms with Crippen LogP contribution in [0.2, 0.25) is 0 Å². The summed E-state index contributed by atoms with van der Waals surface area (Å²) in [6.45, 7) is 2.97. The minimum absolute atomic E-state index is 0.705. The number of ether oxygens (including phenoxy) is 2. The van der Waals surface area contributed by atoms with Crippen molar-refractivity contribution in [1.82, 2.24) is 0 Å². The lowest BCUT2D eigenvalue weighted by Crippen LogP contribution is -2.51. The van der Waals surface area contributed by atoms with Crippen molar-refractivity contribution in [2.24, 2.45) is 0 Å². The van der Waals surface area contributed by atoms with Crippen LogP contribution in [0.25, 0.3) is 0 Å². The van der Waals surface area contributed by atoms with Crippen LogP contribution in [0.1, 0.15) is 13.8 Å². The monoisotopic (exact) mass is 300 g/mol. The molecule has 12 heavy (non-hydrogen) atoms. The highest BCUT2D eigenvalue weighted by Gasteiger charge is 2.53. The summed E-state index contributed by atoms with van der Waals surface area (Å²) in [4.78, 5) is 22.3. The highest BCUT2D eigenvalue weighted by Crippen LogP contribution is 2.36. The molecule has 0 aromatic heterocycles. The highest BCUT2D eigenvalue weighted by molar-refractivity contribution is 9.26. The molecule has 68 valence electrons. The van der Waals surface area contributed by atoms with Crippen LogP contribution in [0.5, 0.6) is 0 Å². The molecule has 0 aromatic carbocycles. The van der Waals surface area contributed by atoms with Crippen LogP contribution in [0.3, 0.4) is 0 Å². The van der Waals surface area contributed by atoms with Crippen molar-refractivity contribution >= 4 is 43.8 Å². The lowest BCUT2D eigenvalue weighted by atomic mass is 10.3. The van der Waals surface area contributed by atoms with Crippen LogP contribution >= 0.6 is 31.9 Å². The first-order valence-electron chi connectivity index (χ1n) is 3.10. The molecular formula is C6H6Br2O4. The fourth-order valence-corrected chi connectivity index (χ4v) is 1.00. The van der Waals surface area contributed by atoms with Gasteiger partial charge in [-0.1, -0.05) is 0 Å². The second-order valence-electron chi connectivity index (χ2n) is 2.75. The topological polar surface area (TPSA) is 52.6 Å². The molecule has 1 aliphatic rings. The number of hydrogen-bond acceptors (Lipinski definition) is 4. The molecule has 6 heteroatoms. The van der Waals surface area contributed by atoms with Gasteiger partial charge in [-0.3, -0.25) is 0 Å². The Morgan fingerprint density at radius 1 is 1.08 bits per heavy atom. The summed E-state index contributed by atoms with van der Waals surface area (Å²) >= 11 is 5.68. The Hall–Kier alpha value is -0.100. The Balaban J connectivity index is 2.93. The van der Waals surface area contributed by atoms with E-state index in [1.807, 2.05) is 0 Å². The van der Waals surface area contributed by atoms with Crippen LogP contribution in [0.4, 0.5) is 0 Å². The Bertz CT molecular complexity index is 224. The van der Waals surface area contributed by atoms with Gasteiger partial charge in [0, 0.05) is 13.8 Å². The summed E-state index contributed by atoms with van der Waals surface area (Å²) < 4.78 is 8.02. The SMILES string of the molecule is CC1(C)OC(=O)C(Br)(Br)C(=O)O1. The largest absolute Gasteiger partial charge is 0.421 e. The quantitative estimate of drug-likeness (QED) is 0.384. The smallest absolute Gasteiger partial charge is 0.348 e. The number of alkyl halides is 2. The molecule has 0 unspecified atom stereocenters. The summed E-state index contributed by atoms with van der Waals surface area (Å²) in [6, 6.07) is 0. The van der Waals surface area contributed by atoms with Gasteiger partial charge in [-0.15, -0.1) is 0 Å². The summed E-state index contributed by atoms with van der Waals surface area (Å²) in [6.07, 6.45) is 0. The average Bonchev–Trinajstić information content (AvgIpc) is 1.82. The van der Waals surface area contributed by atoms with Gasteiger partial charge < -0.3 is 9.47 Å². The molecular weight excluding hydrogens is 296 g/mol. The van der Waals surface area contributed by atoms with Crippen LogP contribution in [0.15, 0.2) is 0 Å². The van der Waals surface area contributed by atoms with Crippen molar-refractivity contribution in [2.75, 3.05) is 0 Å². The number of halogens is 2.